The predicted octanol–water partition coefficient (Wildman–Crippen LogP) is 1.86. The standard InChI is InChI=1S/C13H13FN2O2S/c1-8-11(19-13(18)16-8)12(17)15-7-6-9-2-4-10(14)5-3-9/h2-5H,6-7H2,1H3,(H,15,17)(H,16,18). The monoisotopic (exact) mass is 280 g/mol. The zero-order chi connectivity index (χ0) is 13.8. The van der Waals surface area contributed by atoms with Gasteiger partial charge in [0.1, 0.15) is 10.7 Å². The molecule has 4 nitrogen and oxygen atoms in total. The lowest BCUT2D eigenvalue weighted by Crippen LogP contribution is -2.25. The van der Waals surface area contributed by atoms with Gasteiger partial charge in [0, 0.05) is 12.2 Å². The fourth-order valence-electron chi connectivity index (χ4n) is 1.67. The third kappa shape index (κ3) is 3.51. The van der Waals surface area contributed by atoms with Gasteiger partial charge in [-0.2, -0.15) is 0 Å². The van der Waals surface area contributed by atoms with Crippen LogP contribution in [0.3, 0.4) is 0 Å². The van der Waals surface area contributed by atoms with Crippen molar-refractivity contribution in [3.63, 3.8) is 0 Å². The van der Waals surface area contributed by atoms with E-state index >= 15 is 0 Å². The summed E-state index contributed by atoms with van der Waals surface area (Å²) in [6.45, 7) is 2.13. The molecule has 0 unspecified atom stereocenters. The summed E-state index contributed by atoms with van der Waals surface area (Å²) in [6, 6.07) is 6.14. The SMILES string of the molecule is Cc1[nH]c(=O)sc1C(=O)NCCc1ccc(F)cc1. The van der Waals surface area contributed by atoms with Crippen molar-refractivity contribution in [2.45, 2.75) is 13.3 Å². The third-order valence-corrected chi connectivity index (χ3v) is 3.63. The van der Waals surface area contributed by atoms with Crippen molar-refractivity contribution in [2.24, 2.45) is 0 Å². The molecule has 0 aliphatic rings. The van der Waals surface area contributed by atoms with E-state index < -0.39 is 0 Å². The van der Waals surface area contributed by atoms with Gasteiger partial charge in [-0.05, 0) is 31.0 Å². The topological polar surface area (TPSA) is 62.0 Å². The molecule has 2 rings (SSSR count). The molecule has 0 aliphatic carbocycles. The first-order chi connectivity index (χ1) is 9.06. The number of aromatic amines is 1. The van der Waals surface area contributed by atoms with Gasteiger partial charge < -0.3 is 10.3 Å². The highest BCUT2D eigenvalue weighted by Gasteiger charge is 2.12. The van der Waals surface area contributed by atoms with Crippen LogP contribution in [0.4, 0.5) is 4.39 Å². The van der Waals surface area contributed by atoms with E-state index in [1.807, 2.05) is 0 Å². The molecular weight excluding hydrogens is 267 g/mol. The van der Waals surface area contributed by atoms with E-state index in [9.17, 15) is 14.0 Å². The van der Waals surface area contributed by atoms with Gasteiger partial charge in [-0.15, -0.1) is 0 Å². The molecule has 1 aromatic carbocycles. The first-order valence-corrected chi connectivity index (χ1v) is 6.60. The van der Waals surface area contributed by atoms with Gasteiger partial charge in [0.05, 0.1) is 0 Å². The minimum atomic E-state index is -0.277. The van der Waals surface area contributed by atoms with Crippen molar-refractivity contribution >= 4 is 17.2 Å². The largest absolute Gasteiger partial charge is 0.351 e. The number of benzene rings is 1. The molecule has 0 fully saturated rings. The lowest BCUT2D eigenvalue weighted by Gasteiger charge is -2.04. The van der Waals surface area contributed by atoms with Gasteiger partial charge in [0.25, 0.3) is 5.91 Å². The number of amides is 1. The van der Waals surface area contributed by atoms with Crippen LogP contribution in [-0.2, 0) is 6.42 Å². The number of halogens is 1. The Morgan fingerprint density at radius 2 is 2.05 bits per heavy atom. The molecule has 6 heteroatoms. The van der Waals surface area contributed by atoms with Crippen LogP contribution in [0.2, 0.25) is 0 Å². The molecule has 0 atom stereocenters. The molecule has 0 spiro atoms. The molecule has 0 saturated heterocycles. The molecular formula is C13H13FN2O2S. The van der Waals surface area contributed by atoms with Gasteiger partial charge in [-0.1, -0.05) is 23.5 Å². The maximum atomic E-state index is 12.7. The summed E-state index contributed by atoms with van der Waals surface area (Å²) >= 11 is 0.898. The maximum absolute atomic E-state index is 12.7. The minimum Gasteiger partial charge on any atom is -0.351 e. The van der Waals surface area contributed by atoms with E-state index in [0.29, 0.717) is 23.5 Å². The molecule has 100 valence electrons. The van der Waals surface area contributed by atoms with E-state index in [0.717, 1.165) is 16.9 Å². The maximum Gasteiger partial charge on any atom is 0.305 e. The number of H-pyrrole nitrogens is 1. The van der Waals surface area contributed by atoms with Crippen LogP contribution in [0.1, 0.15) is 20.9 Å². The van der Waals surface area contributed by atoms with Crippen LogP contribution < -0.4 is 10.2 Å². The van der Waals surface area contributed by atoms with Crippen LogP contribution in [0.15, 0.2) is 29.1 Å². The van der Waals surface area contributed by atoms with Crippen LogP contribution in [0.5, 0.6) is 0 Å². The van der Waals surface area contributed by atoms with Crippen LogP contribution >= 0.6 is 11.3 Å². The Balaban J connectivity index is 1.89. The van der Waals surface area contributed by atoms with Gasteiger partial charge >= 0.3 is 4.87 Å². The number of carbonyl (C=O) groups excluding carboxylic acids is 1. The average Bonchev–Trinajstić information content (AvgIpc) is 2.71. The minimum absolute atomic E-state index is 0.235. The fraction of sp³-hybridized carbons (Fsp3) is 0.231. The zero-order valence-electron chi connectivity index (χ0n) is 10.3. The highest BCUT2D eigenvalue weighted by atomic mass is 32.1. The Morgan fingerprint density at radius 1 is 1.37 bits per heavy atom. The highest BCUT2D eigenvalue weighted by molar-refractivity contribution is 7.11. The molecule has 1 aromatic heterocycles. The summed E-state index contributed by atoms with van der Waals surface area (Å²) in [5, 5.41) is 2.74. The van der Waals surface area contributed by atoms with Crippen molar-refractivity contribution in [2.75, 3.05) is 6.54 Å². The van der Waals surface area contributed by atoms with Gasteiger partial charge in [0.2, 0.25) is 0 Å². The van der Waals surface area contributed by atoms with E-state index in [2.05, 4.69) is 10.3 Å². The molecule has 1 amide bonds. The summed E-state index contributed by atoms with van der Waals surface area (Å²) in [4.78, 5) is 25.6. The Hall–Kier alpha value is -1.95. The normalized spacial score (nSPS) is 10.4. The van der Waals surface area contributed by atoms with Crippen LogP contribution in [0, 0.1) is 12.7 Å². The number of hydrogen-bond acceptors (Lipinski definition) is 3. The van der Waals surface area contributed by atoms with Crippen LogP contribution in [0.25, 0.3) is 0 Å². The molecule has 0 radical (unpaired) electrons. The fourth-order valence-corrected chi connectivity index (χ4v) is 2.43. The first-order valence-electron chi connectivity index (χ1n) is 5.78. The molecule has 2 N–H and O–H groups in total. The number of rotatable bonds is 4. The van der Waals surface area contributed by atoms with Crippen molar-refractivity contribution in [1.29, 1.82) is 0 Å². The summed E-state index contributed by atoms with van der Waals surface area (Å²) in [6.07, 6.45) is 0.615. The number of aromatic nitrogens is 1. The lowest BCUT2D eigenvalue weighted by molar-refractivity contribution is 0.0957. The smallest absolute Gasteiger partial charge is 0.305 e. The summed E-state index contributed by atoms with van der Waals surface area (Å²) in [7, 11) is 0. The number of carbonyl (C=O) groups is 1. The summed E-state index contributed by atoms with van der Waals surface area (Å²) in [5.74, 6) is -0.538. The van der Waals surface area contributed by atoms with E-state index in [1.165, 1.54) is 12.1 Å². The Kier molecular flexibility index (Phi) is 4.11. The zero-order valence-corrected chi connectivity index (χ0v) is 11.1. The first kappa shape index (κ1) is 13.5. The average molecular weight is 280 g/mol. The lowest BCUT2D eigenvalue weighted by atomic mass is 10.1. The highest BCUT2D eigenvalue weighted by Crippen LogP contribution is 2.07. The number of thiazole rings is 1. The van der Waals surface area contributed by atoms with Crippen LogP contribution in [-0.4, -0.2) is 17.4 Å². The number of aryl methyl sites for hydroxylation is 1. The predicted molar refractivity (Wildman–Crippen MR) is 72.1 cm³/mol. The number of nitrogens with one attached hydrogen (secondary N) is 2. The molecule has 0 saturated carbocycles. The summed E-state index contributed by atoms with van der Waals surface area (Å²) < 4.78 is 12.7. The van der Waals surface area contributed by atoms with Crippen molar-refractivity contribution in [3.8, 4) is 0 Å². The van der Waals surface area contributed by atoms with E-state index in [-0.39, 0.29) is 16.6 Å². The molecule has 2 aromatic rings. The van der Waals surface area contributed by atoms with Crippen molar-refractivity contribution < 1.29 is 9.18 Å². The van der Waals surface area contributed by atoms with Crippen molar-refractivity contribution in [1.82, 2.24) is 10.3 Å². The second kappa shape index (κ2) is 5.79. The second-order valence-corrected chi connectivity index (χ2v) is 5.08. The van der Waals surface area contributed by atoms with Gasteiger partial charge in [0.15, 0.2) is 0 Å². The Labute approximate surface area is 113 Å². The Bertz CT molecular complexity index is 631. The summed E-state index contributed by atoms with van der Waals surface area (Å²) in [5.41, 5.74) is 1.52. The quantitative estimate of drug-likeness (QED) is 0.898. The van der Waals surface area contributed by atoms with Gasteiger partial charge in [-0.3, -0.25) is 9.59 Å². The van der Waals surface area contributed by atoms with E-state index in [4.69, 9.17) is 0 Å². The molecule has 19 heavy (non-hydrogen) atoms. The van der Waals surface area contributed by atoms with E-state index in [1.54, 1.807) is 19.1 Å². The second-order valence-electron chi connectivity index (χ2n) is 4.10. The molecule has 0 aliphatic heterocycles. The Morgan fingerprint density at radius 3 is 2.63 bits per heavy atom. The van der Waals surface area contributed by atoms with Crippen molar-refractivity contribution in [3.05, 3.63) is 55.9 Å². The molecule has 1 heterocycles. The molecule has 0 bridgehead atoms. The van der Waals surface area contributed by atoms with Gasteiger partial charge in [-0.25, -0.2) is 4.39 Å². The number of hydrogen-bond donors (Lipinski definition) is 2. The third-order valence-electron chi connectivity index (χ3n) is 2.64.